The van der Waals surface area contributed by atoms with Gasteiger partial charge in [-0.2, -0.15) is 0 Å². The lowest BCUT2D eigenvalue weighted by Crippen LogP contribution is -2.53. The first-order chi connectivity index (χ1) is 9.12. The second-order valence-corrected chi connectivity index (χ2v) is 5.78. The molecule has 4 heteroatoms. The van der Waals surface area contributed by atoms with E-state index in [9.17, 15) is 4.79 Å². The van der Waals surface area contributed by atoms with Crippen molar-refractivity contribution in [2.45, 2.75) is 11.8 Å². The van der Waals surface area contributed by atoms with Gasteiger partial charge in [-0.1, -0.05) is 12.1 Å². The van der Waals surface area contributed by atoms with Crippen LogP contribution < -0.4 is 0 Å². The van der Waals surface area contributed by atoms with Crippen molar-refractivity contribution in [3.05, 3.63) is 35.4 Å². The van der Waals surface area contributed by atoms with Crippen LogP contribution >= 0.6 is 0 Å². The van der Waals surface area contributed by atoms with E-state index < -0.39 is 5.97 Å². The fraction of sp³-hybridized carbons (Fsp3) is 0.533. The Kier molecular flexibility index (Phi) is 3.07. The molecule has 1 aromatic rings. The highest BCUT2D eigenvalue weighted by atomic mass is 16.5. The molecule has 2 aliphatic rings. The molecule has 0 spiro atoms. The number of likely N-dealkylation sites (tertiary alicyclic amines) is 1. The summed E-state index contributed by atoms with van der Waals surface area (Å²) in [5.74, 6) is -0.256. The average Bonchev–Trinajstić information content (AvgIpc) is 2.75. The monoisotopic (exact) mass is 261 g/mol. The van der Waals surface area contributed by atoms with Gasteiger partial charge in [-0.25, -0.2) is 4.79 Å². The zero-order valence-corrected chi connectivity index (χ0v) is 11.1. The summed E-state index contributed by atoms with van der Waals surface area (Å²) in [6.45, 7) is 3.76. The minimum atomic E-state index is -0.869. The van der Waals surface area contributed by atoms with Crippen LogP contribution in [0.3, 0.4) is 0 Å². The molecule has 1 unspecified atom stereocenters. The van der Waals surface area contributed by atoms with Gasteiger partial charge in [0.2, 0.25) is 0 Å². The van der Waals surface area contributed by atoms with Crippen LogP contribution in [0.1, 0.15) is 22.3 Å². The van der Waals surface area contributed by atoms with Gasteiger partial charge in [0.1, 0.15) is 0 Å². The van der Waals surface area contributed by atoms with E-state index in [1.807, 2.05) is 12.1 Å². The molecule has 0 aromatic heterocycles. The number of rotatable bonds is 3. The maximum Gasteiger partial charge on any atom is 0.335 e. The van der Waals surface area contributed by atoms with Gasteiger partial charge in [0.15, 0.2) is 0 Å². The van der Waals surface area contributed by atoms with Gasteiger partial charge in [-0.05, 0) is 43.6 Å². The summed E-state index contributed by atoms with van der Waals surface area (Å²) in [5, 5.41) is 8.96. The Hall–Kier alpha value is -1.39. The van der Waals surface area contributed by atoms with Crippen LogP contribution in [0.5, 0.6) is 0 Å². The number of carboxylic acids is 1. The van der Waals surface area contributed by atoms with E-state index in [1.165, 1.54) is 12.0 Å². The van der Waals surface area contributed by atoms with E-state index in [0.29, 0.717) is 11.5 Å². The Morgan fingerprint density at radius 2 is 2.05 bits per heavy atom. The zero-order chi connectivity index (χ0) is 13.5. The molecule has 2 saturated heterocycles. The molecule has 0 saturated carbocycles. The standard InChI is InChI=1S/C15H19NO3/c1-16-7-6-13(8-16)15(9-19-10-15)12-4-2-11(3-5-12)14(17)18/h2-5,13H,6-10H2,1H3,(H,17,18). The normalized spacial score (nSPS) is 26.1. The molecule has 0 aliphatic carbocycles. The SMILES string of the molecule is CN1CCC(C2(c3ccc(C(=O)O)cc3)COC2)C1. The van der Waals surface area contributed by atoms with E-state index in [0.717, 1.165) is 26.3 Å². The fourth-order valence-corrected chi connectivity index (χ4v) is 3.29. The summed E-state index contributed by atoms with van der Waals surface area (Å²) >= 11 is 0. The van der Waals surface area contributed by atoms with Crippen LogP contribution in [0.25, 0.3) is 0 Å². The van der Waals surface area contributed by atoms with Gasteiger partial charge in [0.25, 0.3) is 0 Å². The molecule has 2 aliphatic heterocycles. The van der Waals surface area contributed by atoms with E-state index in [-0.39, 0.29) is 5.41 Å². The van der Waals surface area contributed by atoms with Crippen molar-refractivity contribution >= 4 is 5.97 Å². The summed E-state index contributed by atoms with van der Waals surface area (Å²) in [7, 11) is 2.15. The molecule has 4 nitrogen and oxygen atoms in total. The summed E-state index contributed by atoms with van der Waals surface area (Å²) in [5.41, 5.74) is 1.67. The number of ether oxygens (including phenoxy) is 1. The van der Waals surface area contributed by atoms with Gasteiger partial charge < -0.3 is 14.7 Å². The quantitative estimate of drug-likeness (QED) is 0.898. The van der Waals surface area contributed by atoms with Gasteiger partial charge >= 0.3 is 5.97 Å². The van der Waals surface area contributed by atoms with Crippen molar-refractivity contribution < 1.29 is 14.6 Å². The van der Waals surface area contributed by atoms with Crippen LogP contribution in [-0.2, 0) is 10.2 Å². The summed E-state index contributed by atoms with van der Waals surface area (Å²) < 4.78 is 5.48. The van der Waals surface area contributed by atoms with E-state index in [1.54, 1.807) is 12.1 Å². The molecule has 102 valence electrons. The lowest BCUT2D eigenvalue weighted by Gasteiger charge is -2.46. The molecule has 1 atom stereocenters. The van der Waals surface area contributed by atoms with Crippen LogP contribution in [-0.4, -0.2) is 49.3 Å². The Bertz CT molecular complexity index is 479. The molecule has 3 rings (SSSR count). The van der Waals surface area contributed by atoms with E-state index in [4.69, 9.17) is 9.84 Å². The smallest absolute Gasteiger partial charge is 0.335 e. The first-order valence-corrected chi connectivity index (χ1v) is 6.72. The largest absolute Gasteiger partial charge is 0.478 e. The zero-order valence-electron chi connectivity index (χ0n) is 11.1. The van der Waals surface area contributed by atoms with E-state index in [2.05, 4.69) is 11.9 Å². The van der Waals surface area contributed by atoms with Crippen LogP contribution in [0.4, 0.5) is 0 Å². The van der Waals surface area contributed by atoms with Gasteiger partial charge in [0, 0.05) is 12.0 Å². The van der Waals surface area contributed by atoms with Gasteiger partial charge in [-0.15, -0.1) is 0 Å². The van der Waals surface area contributed by atoms with Crippen LogP contribution in [0, 0.1) is 5.92 Å². The van der Waals surface area contributed by atoms with Crippen molar-refractivity contribution in [2.75, 3.05) is 33.4 Å². The third-order valence-electron chi connectivity index (χ3n) is 4.60. The van der Waals surface area contributed by atoms with Crippen LogP contribution in [0.2, 0.25) is 0 Å². The third-order valence-corrected chi connectivity index (χ3v) is 4.60. The highest BCUT2D eigenvalue weighted by Gasteiger charge is 2.48. The first-order valence-electron chi connectivity index (χ1n) is 6.72. The molecule has 2 heterocycles. The second kappa shape index (κ2) is 4.62. The molecule has 0 bridgehead atoms. The predicted molar refractivity (Wildman–Crippen MR) is 71.5 cm³/mol. The molecule has 19 heavy (non-hydrogen) atoms. The molecule has 1 N–H and O–H groups in total. The Morgan fingerprint density at radius 3 is 2.47 bits per heavy atom. The molecule has 2 fully saturated rings. The van der Waals surface area contributed by atoms with Crippen molar-refractivity contribution in [1.29, 1.82) is 0 Å². The fourth-order valence-electron chi connectivity index (χ4n) is 3.29. The molecular formula is C15H19NO3. The lowest BCUT2D eigenvalue weighted by molar-refractivity contribution is -0.0883. The van der Waals surface area contributed by atoms with Crippen molar-refractivity contribution in [2.24, 2.45) is 5.92 Å². The number of benzene rings is 1. The van der Waals surface area contributed by atoms with Crippen molar-refractivity contribution in [3.8, 4) is 0 Å². The average molecular weight is 261 g/mol. The number of hydrogen-bond acceptors (Lipinski definition) is 3. The van der Waals surface area contributed by atoms with Crippen LogP contribution in [0.15, 0.2) is 24.3 Å². The van der Waals surface area contributed by atoms with Gasteiger partial charge in [-0.3, -0.25) is 0 Å². The number of hydrogen-bond donors (Lipinski definition) is 1. The number of aromatic carboxylic acids is 1. The highest BCUT2D eigenvalue weighted by Crippen LogP contribution is 2.43. The molecule has 0 amide bonds. The van der Waals surface area contributed by atoms with E-state index >= 15 is 0 Å². The Morgan fingerprint density at radius 1 is 1.37 bits per heavy atom. The lowest BCUT2D eigenvalue weighted by atomic mass is 9.68. The molecular weight excluding hydrogens is 242 g/mol. The maximum absolute atomic E-state index is 10.9. The molecule has 1 aromatic carbocycles. The number of carboxylic acid groups (broad SMARTS) is 1. The van der Waals surface area contributed by atoms with Crippen molar-refractivity contribution in [1.82, 2.24) is 4.90 Å². The summed E-state index contributed by atoms with van der Waals surface area (Å²) in [4.78, 5) is 13.3. The summed E-state index contributed by atoms with van der Waals surface area (Å²) in [6.07, 6.45) is 1.19. The Balaban J connectivity index is 1.87. The second-order valence-electron chi connectivity index (χ2n) is 5.78. The Labute approximate surface area is 113 Å². The topological polar surface area (TPSA) is 49.8 Å². The summed E-state index contributed by atoms with van der Waals surface area (Å²) in [6, 6.07) is 7.33. The minimum Gasteiger partial charge on any atom is -0.478 e. The maximum atomic E-state index is 10.9. The molecule has 0 radical (unpaired) electrons. The minimum absolute atomic E-state index is 0.0990. The third kappa shape index (κ3) is 2.05. The van der Waals surface area contributed by atoms with Gasteiger partial charge in [0.05, 0.1) is 18.8 Å². The first kappa shape index (κ1) is 12.6. The predicted octanol–water partition coefficient (Wildman–Crippen LogP) is 1.60. The number of carbonyl (C=O) groups is 1. The highest BCUT2D eigenvalue weighted by molar-refractivity contribution is 5.87. The van der Waals surface area contributed by atoms with Crippen molar-refractivity contribution in [3.63, 3.8) is 0 Å². The number of nitrogens with zero attached hydrogens (tertiary/aromatic N) is 1.